The molecule has 0 atom stereocenters. The maximum absolute atomic E-state index is 10.3. The van der Waals surface area contributed by atoms with Crippen molar-refractivity contribution in [3.63, 3.8) is 0 Å². The lowest BCUT2D eigenvalue weighted by Crippen LogP contribution is -2.05. The van der Waals surface area contributed by atoms with Gasteiger partial charge >= 0.3 is 0 Å². The van der Waals surface area contributed by atoms with Crippen LogP contribution in [-0.4, -0.2) is 27.0 Å². The van der Waals surface area contributed by atoms with E-state index in [0.29, 0.717) is 0 Å². The van der Waals surface area contributed by atoms with Gasteiger partial charge < -0.3 is 0 Å². The summed E-state index contributed by atoms with van der Waals surface area (Å²) in [6, 6.07) is 0. The number of rotatable bonds is 3. The SMILES string of the molecule is CS(=O)(=O)CCN=[N+]=N. The first-order chi connectivity index (χ1) is 4.06. The maximum Gasteiger partial charge on any atom is 0.214 e. The highest BCUT2D eigenvalue weighted by molar-refractivity contribution is 7.90. The molecule has 0 radical (unpaired) electrons. The minimum Gasteiger partial charge on any atom is -0.229 e. The highest BCUT2D eigenvalue weighted by Gasteiger charge is 2.01. The number of nitrogens with one attached hydrogen (secondary N) is 1. The second-order valence-electron chi connectivity index (χ2n) is 1.59. The number of hydrogen-bond donors (Lipinski definition) is 1. The molecule has 0 saturated carbocycles. The van der Waals surface area contributed by atoms with Gasteiger partial charge in [0, 0.05) is 6.26 Å². The van der Waals surface area contributed by atoms with E-state index in [9.17, 15) is 8.42 Å². The van der Waals surface area contributed by atoms with Crippen molar-refractivity contribution in [3.05, 3.63) is 0 Å². The van der Waals surface area contributed by atoms with Crippen molar-refractivity contribution in [2.45, 2.75) is 0 Å². The average Bonchev–Trinajstić information content (AvgIpc) is 1.63. The first-order valence-electron chi connectivity index (χ1n) is 2.27. The Bertz CT molecular complexity index is 213. The van der Waals surface area contributed by atoms with E-state index in [1.807, 2.05) is 0 Å². The molecule has 0 saturated heterocycles. The molecule has 0 aliphatic carbocycles. The van der Waals surface area contributed by atoms with Crippen LogP contribution in [0.5, 0.6) is 0 Å². The zero-order valence-corrected chi connectivity index (χ0v) is 5.85. The molecule has 0 aromatic rings. The first-order valence-corrected chi connectivity index (χ1v) is 4.33. The van der Waals surface area contributed by atoms with Crippen molar-refractivity contribution >= 4 is 9.84 Å². The summed E-state index contributed by atoms with van der Waals surface area (Å²) in [5.41, 5.74) is 6.17. The summed E-state index contributed by atoms with van der Waals surface area (Å²) >= 11 is 0. The maximum atomic E-state index is 10.3. The molecule has 0 unspecified atom stereocenters. The molecule has 0 fully saturated rings. The molecule has 0 bridgehead atoms. The van der Waals surface area contributed by atoms with Crippen molar-refractivity contribution in [1.29, 1.82) is 5.53 Å². The third kappa shape index (κ3) is 7.26. The summed E-state index contributed by atoms with van der Waals surface area (Å²) in [5.74, 6) is -0.0324. The van der Waals surface area contributed by atoms with E-state index in [4.69, 9.17) is 5.53 Å². The van der Waals surface area contributed by atoms with Crippen LogP contribution in [0.15, 0.2) is 5.11 Å². The molecule has 52 valence electrons. The third-order valence-corrected chi connectivity index (χ3v) is 1.56. The molecular weight excluding hydrogens is 142 g/mol. The van der Waals surface area contributed by atoms with Crippen LogP contribution in [0.25, 0.3) is 0 Å². The molecule has 0 aromatic carbocycles. The average molecular weight is 150 g/mol. The predicted octanol–water partition coefficient (Wildman–Crippen LogP) is -0.419. The van der Waals surface area contributed by atoms with Crippen LogP contribution in [0.1, 0.15) is 0 Å². The van der Waals surface area contributed by atoms with Gasteiger partial charge in [0.1, 0.15) is 27.0 Å². The van der Waals surface area contributed by atoms with Crippen LogP contribution in [0, 0.1) is 5.53 Å². The summed E-state index contributed by atoms with van der Waals surface area (Å²) in [6.07, 6.45) is 1.12. The minimum atomic E-state index is -2.93. The summed E-state index contributed by atoms with van der Waals surface area (Å²) in [7, 11) is -2.93. The molecule has 0 aromatic heterocycles. The normalized spacial score (nSPS) is 10.3. The van der Waals surface area contributed by atoms with E-state index in [2.05, 4.69) is 10.0 Å². The topological polar surface area (TPSA) is 84.5 Å². The van der Waals surface area contributed by atoms with Gasteiger partial charge in [-0.25, -0.2) is 8.42 Å². The molecule has 1 N–H and O–H groups in total. The minimum absolute atomic E-state index is 0.0324. The second kappa shape index (κ2) is 3.32. The summed E-state index contributed by atoms with van der Waals surface area (Å²) in [6.45, 7) is 0.0856. The van der Waals surface area contributed by atoms with Crippen molar-refractivity contribution in [1.82, 2.24) is 4.91 Å². The van der Waals surface area contributed by atoms with E-state index in [1.54, 1.807) is 0 Å². The molecule has 0 aliphatic heterocycles. The van der Waals surface area contributed by atoms with E-state index in [-0.39, 0.29) is 12.3 Å². The van der Waals surface area contributed by atoms with Crippen molar-refractivity contribution < 1.29 is 8.42 Å². The fourth-order valence-corrected chi connectivity index (χ4v) is 0.670. The van der Waals surface area contributed by atoms with Gasteiger partial charge in [0.05, 0.1) is 5.75 Å². The highest BCUT2D eigenvalue weighted by Crippen LogP contribution is 1.80. The van der Waals surface area contributed by atoms with E-state index >= 15 is 0 Å². The third-order valence-electron chi connectivity index (χ3n) is 0.633. The summed E-state index contributed by atoms with van der Waals surface area (Å²) in [5, 5.41) is 3.17. The lowest BCUT2D eigenvalue weighted by atomic mass is 10.8. The Balaban J connectivity index is 3.66. The molecule has 0 heterocycles. The fraction of sp³-hybridized carbons (Fsp3) is 1.00. The van der Waals surface area contributed by atoms with Gasteiger partial charge in [-0.3, -0.25) is 0 Å². The first kappa shape index (κ1) is 8.26. The van der Waals surface area contributed by atoms with Crippen molar-refractivity contribution in [2.75, 3.05) is 18.6 Å². The Hall–Kier alpha value is -0.740. The highest BCUT2D eigenvalue weighted by atomic mass is 32.2. The van der Waals surface area contributed by atoms with Crippen LogP contribution < -0.4 is 4.91 Å². The number of hydrogen-bond acceptors (Lipinski definition) is 4. The molecule has 0 aliphatic rings. The number of nitrogens with zero attached hydrogens (tertiary/aromatic N) is 2. The van der Waals surface area contributed by atoms with Gasteiger partial charge in [-0.1, -0.05) is 0 Å². The Morgan fingerprint density at radius 2 is 2.22 bits per heavy atom. The van der Waals surface area contributed by atoms with Crippen molar-refractivity contribution in [3.8, 4) is 0 Å². The van der Waals surface area contributed by atoms with Gasteiger partial charge in [0.2, 0.25) is 4.91 Å². The Morgan fingerprint density at radius 1 is 1.67 bits per heavy atom. The number of sulfone groups is 1. The largest absolute Gasteiger partial charge is 0.229 e. The fourth-order valence-electron chi connectivity index (χ4n) is 0.257. The van der Waals surface area contributed by atoms with E-state index < -0.39 is 9.84 Å². The standard InChI is InChI=1S/C3H8N3O2S/c1-9(7,8)3-2-5-6-4/h4H,2-3H2,1H3/q+1. The second-order valence-corrected chi connectivity index (χ2v) is 3.85. The van der Waals surface area contributed by atoms with Gasteiger partial charge in [-0.05, 0) is 0 Å². The van der Waals surface area contributed by atoms with Gasteiger partial charge in [-0.15, -0.1) is 0 Å². The smallest absolute Gasteiger partial charge is 0.214 e. The Morgan fingerprint density at radius 3 is 2.56 bits per heavy atom. The zero-order chi connectivity index (χ0) is 7.33. The molecule has 5 nitrogen and oxygen atoms in total. The molecule has 0 spiro atoms. The lowest BCUT2D eigenvalue weighted by Gasteiger charge is -1.84. The van der Waals surface area contributed by atoms with Crippen LogP contribution in [0.2, 0.25) is 0 Å². The van der Waals surface area contributed by atoms with E-state index in [1.165, 1.54) is 0 Å². The molecule has 6 heteroatoms. The van der Waals surface area contributed by atoms with Crippen LogP contribution >= 0.6 is 0 Å². The summed E-state index contributed by atoms with van der Waals surface area (Å²) in [4.78, 5) is 2.65. The Kier molecular flexibility index (Phi) is 3.05. The monoisotopic (exact) mass is 150 g/mol. The molecule has 0 rings (SSSR count). The van der Waals surface area contributed by atoms with Crippen LogP contribution in [0.4, 0.5) is 0 Å². The molecule has 0 amide bonds. The zero-order valence-electron chi connectivity index (χ0n) is 5.03. The Labute approximate surface area is 53.2 Å². The van der Waals surface area contributed by atoms with Crippen LogP contribution in [-0.2, 0) is 9.84 Å². The van der Waals surface area contributed by atoms with E-state index in [0.717, 1.165) is 6.26 Å². The summed E-state index contributed by atoms with van der Waals surface area (Å²) < 4.78 is 20.7. The molecular formula is C3H8N3O2S+. The van der Waals surface area contributed by atoms with Gasteiger partial charge in [0.25, 0.3) is 0 Å². The van der Waals surface area contributed by atoms with Crippen LogP contribution in [0.3, 0.4) is 0 Å². The van der Waals surface area contributed by atoms with Crippen molar-refractivity contribution in [2.24, 2.45) is 5.11 Å². The lowest BCUT2D eigenvalue weighted by molar-refractivity contribution is 0.601. The molecule has 9 heavy (non-hydrogen) atoms. The van der Waals surface area contributed by atoms with Gasteiger partial charge in [-0.2, -0.15) is 0 Å². The predicted molar refractivity (Wildman–Crippen MR) is 31.9 cm³/mol. The van der Waals surface area contributed by atoms with Gasteiger partial charge in [0.15, 0.2) is 0 Å². The quantitative estimate of drug-likeness (QED) is 0.437.